The molecule has 0 aliphatic carbocycles. The number of hydrogen-bond donors (Lipinski definition) is 2. The molecule has 1 aliphatic rings. The second-order valence-corrected chi connectivity index (χ2v) is 5.86. The first-order valence-electron chi connectivity index (χ1n) is 7.80. The van der Waals surface area contributed by atoms with Crippen LogP contribution in [0.5, 0.6) is 5.75 Å². The maximum absolute atomic E-state index is 12.9. The van der Waals surface area contributed by atoms with E-state index in [4.69, 9.17) is 4.74 Å². The average molecular weight is 342 g/mol. The van der Waals surface area contributed by atoms with E-state index < -0.39 is 17.6 Å². The molecular weight excluding hydrogens is 321 g/mol. The van der Waals surface area contributed by atoms with Gasteiger partial charge in [0, 0.05) is 12.1 Å². The van der Waals surface area contributed by atoms with E-state index in [1.807, 2.05) is 6.92 Å². The topological polar surface area (TPSA) is 50.4 Å². The molecule has 1 aliphatic heterocycles. The summed E-state index contributed by atoms with van der Waals surface area (Å²) in [6.45, 7) is 6.36. The van der Waals surface area contributed by atoms with Crippen molar-refractivity contribution >= 4 is 5.91 Å². The number of ether oxygens (including phenoxy) is 1. The van der Waals surface area contributed by atoms with Gasteiger partial charge >= 0.3 is 6.18 Å². The summed E-state index contributed by atoms with van der Waals surface area (Å²) in [5.41, 5.74) is -0.991. The first-order valence-corrected chi connectivity index (χ1v) is 7.80. The van der Waals surface area contributed by atoms with Crippen LogP contribution in [0, 0.1) is 0 Å². The molecule has 0 bridgehead atoms. The van der Waals surface area contributed by atoms with Crippen LogP contribution in [0.25, 0.3) is 0 Å². The highest BCUT2D eigenvalue weighted by atomic mass is 19.4. The minimum Gasteiger partial charge on any atom is -0.489 e. The Morgan fingerprint density at radius 3 is 2.88 bits per heavy atom. The Morgan fingerprint density at radius 2 is 2.25 bits per heavy atom. The van der Waals surface area contributed by atoms with Crippen LogP contribution < -0.4 is 15.4 Å². The van der Waals surface area contributed by atoms with E-state index in [2.05, 4.69) is 17.2 Å². The SMILES string of the molecule is C=CCOc1ccc(C(F)(F)F)cc1C(=O)NC1CCNC(C)C1. The zero-order valence-electron chi connectivity index (χ0n) is 13.5. The number of rotatable bonds is 5. The monoisotopic (exact) mass is 342 g/mol. The van der Waals surface area contributed by atoms with Crippen LogP contribution in [0.1, 0.15) is 35.7 Å². The van der Waals surface area contributed by atoms with Crippen molar-refractivity contribution in [3.63, 3.8) is 0 Å². The number of piperidine rings is 1. The number of carbonyl (C=O) groups excluding carboxylic acids is 1. The molecule has 1 fully saturated rings. The average Bonchev–Trinajstić information content (AvgIpc) is 2.51. The third-order valence-electron chi connectivity index (χ3n) is 3.87. The molecule has 0 saturated carbocycles. The first-order chi connectivity index (χ1) is 11.3. The summed E-state index contributed by atoms with van der Waals surface area (Å²) in [6.07, 6.45) is -1.59. The van der Waals surface area contributed by atoms with E-state index in [-0.39, 0.29) is 30.0 Å². The molecule has 7 heteroatoms. The quantitative estimate of drug-likeness (QED) is 0.809. The van der Waals surface area contributed by atoms with Gasteiger partial charge in [0.25, 0.3) is 5.91 Å². The van der Waals surface area contributed by atoms with E-state index in [9.17, 15) is 18.0 Å². The number of carbonyl (C=O) groups is 1. The lowest BCUT2D eigenvalue weighted by atomic mass is 10.00. The smallest absolute Gasteiger partial charge is 0.416 e. The zero-order valence-corrected chi connectivity index (χ0v) is 13.5. The van der Waals surface area contributed by atoms with Gasteiger partial charge in [-0.3, -0.25) is 4.79 Å². The van der Waals surface area contributed by atoms with Crippen molar-refractivity contribution in [3.05, 3.63) is 42.0 Å². The van der Waals surface area contributed by atoms with Crippen LogP contribution in [0.2, 0.25) is 0 Å². The number of hydrogen-bond acceptors (Lipinski definition) is 3. The third-order valence-corrected chi connectivity index (χ3v) is 3.87. The van der Waals surface area contributed by atoms with E-state index in [0.29, 0.717) is 0 Å². The largest absolute Gasteiger partial charge is 0.489 e. The summed E-state index contributed by atoms with van der Waals surface area (Å²) in [5.74, 6) is -0.443. The molecule has 0 radical (unpaired) electrons. The molecule has 1 heterocycles. The fourth-order valence-electron chi connectivity index (χ4n) is 2.68. The number of amides is 1. The molecule has 2 atom stereocenters. The number of nitrogens with one attached hydrogen (secondary N) is 2. The molecule has 132 valence electrons. The molecule has 4 nitrogen and oxygen atoms in total. The maximum atomic E-state index is 12.9. The van der Waals surface area contributed by atoms with Crippen molar-refractivity contribution in [1.82, 2.24) is 10.6 Å². The maximum Gasteiger partial charge on any atom is 0.416 e. The van der Waals surface area contributed by atoms with E-state index >= 15 is 0 Å². The van der Waals surface area contributed by atoms with Crippen LogP contribution in [0.4, 0.5) is 13.2 Å². The molecule has 2 N–H and O–H groups in total. The van der Waals surface area contributed by atoms with Crippen molar-refractivity contribution in [2.45, 2.75) is 38.0 Å². The fourth-order valence-corrected chi connectivity index (χ4v) is 2.68. The van der Waals surface area contributed by atoms with Crippen LogP contribution in [-0.4, -0.2) is 31.1 Å². The minimum atomic E-state index is -4.52. The summed E-state index contributed by atoms with van der Waals surface area (Å²) < 4.78 is 44.1. The van der Waals surface area contributed by atoms with Gasteiger partial charge in [0.05, 0.1) is 11.1 Å². The lowest BCUT2D eigenvalue weighted by Gasteiger charge is -2.29. The molecular formula is C17H21F3N2O2. The normalized spacial score (nSPS) is 21.2. The van der Waals surface area contributed by atoms with Crippen molar-refractivity contribution < 1.29 is 22.7 Å². The summed E-state index contributed by atoms with van der Waals surface area (Å²) in [6, 6.07) is 3.09. The summed E-state index contributed by atoms with van der Waals surface area (Å²) in [4.78, 5) is 12.5. The third kappa shape index (κ3) is 4.74. The highest BCUT2D eigenvalue weighted by Gasteiger charge is 2.32. The number of benzene rings is 1. The fraction of sp³-hybridized carbons (Fsp3) is 0.471. The zero-order chi connectivity index (χ0) is 17.7. The van der Waals surface area contributed by atoms with Crippen LogP contribution in [0.3, 0.4) is 0 Å². The minimum absolute atomic E-state index is 0.0736. The molecule has 1 saturated heterocycles. The van der Waals surface area contributed by atoms with E-state index in [1.54, 1.807) is 0 Å². The Morgan fingerprint density at radius 1 is 1.50 bits per heavy atom. The van der Waals surface area contributed by atoms with Gasteiger partial charge in [0.2, 0.25) is 0 Å². The van der Waals surface area contributed by atoms with Gasteiger partial charge in [0.1, 0.15) is 12.4 Å². The first kappa shape index (κ1) is 18.3. The second-order valence-electron chi connectivity index (χ2n) is 5.86. The number of halogens is 3. The van der Waals surface area contributed by atoms with E-state index in [1.165, 1.54) is 12.1 Å². The van der Waals surface area contributed by atoms with Crippen molar-refractivity contribution in [2.24, 2.45) is 0 Å². The standard InChI is InChI=1S/C17H21F3N2O2/c1-3-8-24-15-5-4-12(17(18,19)20)10-14(15)16(23)22-13-6-7-21-11(2)9-13/h3-5,10-11,13,21H,1,6-9H2,2H3,(H,22,23). The Balaban J connectivity index is 2.23. The summed E-state index contributed by atoms with van der Waals surface area (Å²) >= 11 is 0. The van der Waals surface area contributed by atoms with Gasteiger partial charge in [-0.1, -0.05) is 12.7 Å². The molecule has 1 amide bonds. The van der Waals surface area contributed by atoms with Crippen molar-refractivity contribution in [3.8, 4) is 5.75 Å². The van der Waals surface area contributed by atoms with Crippen LogP contribution in [-0.2, 0) is 6.18 Å². The lowest BCUT2D eigenvalue weighted by Crippen LogP contribution is -2.46. The van der Waals surface area contributed by atoms with Crippen LogP contribution >= 0.6 is 0 Å². The second kappa shape index (κ2) is 7.70. The Hall–Kier alpha value is -2.02. The Bertz CT molecular complexity index is 602. The predicted molar refractivity (Wildman–Crippen MR) is 85.1 cm³/mol. The molecule has 1 aromatic carbocycles. The van der Waals surface area contributed by atoms with Crippen molar-refractivity contribution in [1.29, 1.82) is 0 Å². The van der Waals surface area contributed by atoms with Gasteiger partial charge in [0.15, 0.2) is 0 Å². The van der Waals surface area contributed by atoms with E-state index in [0.717, 1.165) is 31.5 Å². The highest BCUT2D eigenvalue weighted by molar-refractivity contribution is 5.97. The van der Waals surface area contributed by atoms with Crippen molar-refractivity contribution in [2.75, 3.05) is 13.2 Å². The highest BCUT2D eigenvalue weighted by Crippen LogP contribution is 2.32. The van der Waals surface area contributed by atoms with Gasteiger partial charge in [-0.05, 0) is 44.5 Å². The van der Waals surface area contributed by atoms with Gasteiger partial charge in [-0.25, -0.2) is 0 Å². The Kier molecular flexibility index (Phi) is 5.88. The molecule has 0 aromatic heterocycles. The lowest BCUT2D eigenvalue weighted by molar-refractivity contribution is -0.137. The molecule has 24 heavy (non-hydrogen) atoms. The predicted octanol–water partition coefficient (Wildman–Crippen LogP) is 3.14. The molecule has 1 aromatic rings. The Labute approximate surface area is 139 Å². The van der Waals surface area contributed by atoms with Gasteiger partial charge < -0.3 is 15.4 Å². The summed E-state index contributed by atoms with van der Waals surface area (Å²) in [5, 5.41) is 6.07. The van der Waals surface area contributed by atoms with Gasteiger partial charge in [-0.2, -0.15) is 13.2 Å². The van der Waals surface area contributed by atoms with Gasteiger partial charge in [-0.15, -0.1) is 0 Å². The van der Waals surface area contributed by atoms with Crippen LogP contribution in [0.15, 0.2) is 30.9 Å². The molecule has 0 spiro atoms. The molecule has 2 unspecified atom stereocenters. The number of alkyl halides is 3. The summed E-state index contributed by atoms with van der Waals surface area (Å²) in [7, 11) is 0. The molecule has 2 rings (SSSR count).